The molecule has 1 rings (SSSR count). The van der Waals surface area contributed by atoms with Gasteiger partial charge >= 0.3 is 0 Å². The van der Waals surface area contributed by atoms with Crippen LogP contribution in [0.2, 0.25) is 0 Å². The van der Waals surface area contributed by atoms with Crippen LogP contribution in [0.3, 0.4) is 0 Å². The van der Waals surface area contributed by atoms with Crippen molar-refractivity contribution in [3.05, 3.63) is 0 Å². The fourth-order valence-corrected chi connectivity index (χ4v) is 1.55. The number of nitrogens with zero attached hydrogens (tertiary/aromatic N) is 1. The summed E-state index contributed by atoms with van der Waals surface area (Å²) in [5.41, 5.74) is 0. The average Bonchev–Trinajstić information content (AvgIpc) is 3.05. The second-order valence-electron chi connectivity index (χ2n) is 4.79. The molecule has 0 aromatic heterocycles. The van der Waals surface area contributed by atoms with E-state index in [0.717, 1.165) is 12.8 Å². The molecule has 1 saturated carbocycles. The Bertz CT molecular complexity index is 275. The number of carbonyl (C=O) groups is 2. The van der Waals surface area contributed by atoms with Gasteiger partial charge in [0.15, 0.2) is 0 Å². The van der Waals surface area contributed by atoms with E-state index in [1.165, 1.54) is 0 Å². The van der Waals surface area contributed by atoms with Crippen molar-refractivity contribution in [2.75, 3.05) is 19.6 Å². The number of nitrogens with one attached hydrogen (secondary N) is 2. The van der Waals surface area contributed by atoms with Crippen molar-refractivity contribution < 1.29 is 9.59 Å². The number of hydrogen-bond donors (Lipinski definition) is 2. The second kappa shape index (κ2) is 6.59. The van der Waals surface area contributed by atoms with Gasteiger partial charge in [-0.1, -0.05) is 0 Å². The van der Waals surface area contributed by atoms with Crippen molar-refractivity contribution in [2.45, 2.75) is 45.7 Å². The lowest BCUT2D eigenvalue weighted by Crippen LogP contribution is -2.45. The van der Waals surface area contributed by atoms with E-state index in [1.54, 1.807) is 4.90 Å². The summed E-state index contributed by atoms with van der Waals surface area (Å²) in [4.78, 5) is 24.9. The van der Waals surface area contributed by atoms with Crippen molar-refractivity contribution >= 4 is 11.8 Å². The molecule has 0 radical (unpaired) electrons. The monoisotopic (exact) mass is 241 g/mol. The first-order valence-electron chi connectivity index (χ1n) is 6.33. The third-order valence-corrected chi connectivity index (χ3v) is 2.64. The van der Waals surface area contributed by atoms with Gasteiger partial charge in [0.1, 0.15) is 0 Å². The summed E-state index contributed by atoms with van der Waals surface area (Å²) in [6, 6.07) is 0.628. The Kier molecular flexibility index (Phi) is 5.41. The first-order valence-corrected chi connectivity index (χ1v) is 6.33. The van der Waals surface area contributed by atoms with Crippen LogP contribution in [0.15, 0.2) is 0 Å². The van der Waals surface area contributed by atoms with Crippen molar-refractivity contribution in [1.29, 1.82) is 0 Å². The van der Waals surface area contributed by atoms with Crippen molar-refractivity contribution in [3.8, 4) is 0 Å². The summed E-state index contributed by atoms with van der Waals surface area (Å²) in [7, 11) is 0. The molecule has 0 unspecified atom stereocenters. The van der Waals surface area contributed by atoms with Crippen LogP contribution in [-0.4, -0.2) is 48.4 Å². The Labute approximate surface area is 103 Å². The average molecular weight is 241 g/mol. The highest BCUT2D eigenvalue weighted by atomic mass is 16.2. The Hall–Kier alpha value is -1.10. The third kappa shape index (κ3) is 5.68. The van der Waals surface area contributed by atoms with E-state index in [-0.39, 0.29) is 24.4 Å². The smallest absolute Gasteiger partial charge is 0.239 e. The van der Waals surface area contributed by atoms with Crippen LogP contribution in [-0.2, 0) is 9.59 Å². The maximum absolute atomic E-state index is 11.8. The Balaban J connectivity index is 2.29. The molecule has 98 valence electrons. The molecule has 1 aliphatic carbocycles. The highest BCUT2D eigenvalue weighted by molar-refractivity contribution is 5.85. The third-order valence-electron chi connectivity index (χ3n) is 2.64. The molecule has 0 spiro atoms. The molecule has 1 aliphatic rings. The van der Waals surface area contributed by atoms with Gasteiger partial charge in [-0.2, -0.15) is 0 Å². The summed E-state index contributed by atoms with van der Waals surface area (Å²) in [5.74, 6) is -0.0973. The molecule has 0 aromatic carbocycles. The summed E-state index contributed by atoms with van der Waals surface area (Å²) in [6.07, 6.45) is 2.32. The number of likely N-dealkylation sites (N-methyl/N-ethyl adjacent to an activating group) is 1. The zero-order valence-corrected chi connectivity index (χ0v) is 11.0. The summed E-state index contributed by atoms with van der Waals surface area (Å²) in [5, 5.41) is 5.95. The molecule has 2 N–H and O–H groups in total. The number of carbonyl (C=O) groups excluding carboxylic acids is 2. The van der Waals surface area contributed by atoms with E-state index >= 15 is 0 Å². The first-order chi connectivity index (χ1) is 8.02. The van der Waals surface area contributed by atoms with Gasteiger partial charge in [-0.15, -0.1) is 0 Å². The van der Waals surface area contributed by atoms with Gasteiger partial charge in [0, 0.05) is 18.6 Å². The van der Waals surface area contributed by atoms with E-state index < -0.39 is 0 Å². The summed E-state index contributed by atoms with van der Waals surface area (Å²) < 4.78 is 0. The van der Waals surface area contributed by atoms with Gasteiger partial charge in [0.2, 0.25) is 11.8 Å². The lowest BCUT2D eigenvalue weighted by Gasteiger charge is -2.21. The minimum absolute atomic E-state index is 0.00157. The predicted octanol–water partition coefficient (Wildman–Crippen LogP) is 0.112. The van der Waals surface area contributed by atoms with E-state index in [9.17, 15) is 9.59 Å². The highest BCUT2D eigenvalue weighted by Crippen LogP contribution is 2.18. The summed E-state index contributed by atoms with van der Waals surface area (Å²) in [6.45, 7) is 6.76. The van der Waals surface area contributed by atoms with Gasteiger partial charge in [0.25, 0.3) is 0 Å². The van der Waals surface area contributed by atoms with E-state index in [2.05, 4.69) is 10.6 Å². The minimum Gasteiger partial charge on any atom is -0.352 e. The number of amides is 2. The Morgan fingerprint density at radius 2 is 2.00 bits per heavy atom. The van der Waals surface area contributed by atoms with Crippen LogP contribution in [0.1, 0.15) is 33.6 Å². The fourth-order valence-electron chi connectivity index (χ4n) is 1.55. The van der Waals surface area contributed by atoms with Crippen LogP contribution >= 0.6 is 0 Å². The van der Waals surface area contributed by atoms with Crippen molar-refractivity contribution in [1.82, 2.24) is 15.5 Å². The fraction of sp³-hybridized carbons (Fsp3) is 0.833. The van der Waals surface area contributed by atoms with Crippen LogP contribution in [0, 0.1) is 0 Å². The van der Waals surface area contributed by atoms with E-state index in [1.807, 2.05) is 20.8 Å². The van der Waals surface area contributed by atoms with Gasteiger partial charge in [-0.25, -0.2) is 0 Å². The predicted molar refractivity (Wildman–Crippen MR) is 66.6 cm³/mol. The molecular weight excluding hydrogens is 218 g/mol. The molecule has 5 nitrogen and oxygen atoms in total. The molecule has 1 fully saturated rings. The van der Waals surface area contributed by atoms with E-state index in [0.29, 0.717) is 19.1 Å². The molecule has 0 heterocycles. The Morgan fingerprint density at radius 3 is 2.47 bits per heavy atom. The SMILES string of the molecule is CCN(CC(=O)NC(C)C)C(=O)CNC1CC1. The van der Waals surface area contributed by atoms with Gasteiger partial charge in [-0.3, -0.25) is 9.59 Å². The molecule has 0 saturated heterocycles. The molecule has 5 heteroatoms. The number of hydrogen-bond acceptors (Lipinski definition) is 3. The van der Waals surface area contributed by atoms with Gasteiger partial charge in [0.05, 0.1) is 13.1 Å². The second-order valence-corrected chi connectivity index (χ2v) is 4.79. The quantitative estimate of drug-likeness (QED) is 0.665. The van der Waals surface area contributed by atoms with Crippen LogP contribution in [0.5, 0.6) is 0 Å². The minimum atomic E-state index is -0.0957. The zero-order valence-electron chi connectivity index (χ0n) is 11.0. The normalized spacial score (nSPS) is 14.8. The molecule has 17 heavy (non-hydrogen) atoms. The Morgan fingerprint density at radius 1 is 1.35 bits per heavy atom. The largest absolute Gasteiger partial charge is 0.352 e. The van der Waals surface area contributed by atoms with Gasteiger partial charge in [-0.05, 0) is 33.6 Å². The molecule has 0 bridgehead atoms. The van der Waals surface area contributed by atoms with Crippen molar-refractivity contribution in [3.63, 3.8) is 0 Å². The molecule has 0 aromatic rings. The number of rotatable bonds is 7. The van der Waals surface area contributed by atoms with Crippen LogP contribution < -0.4 is 10.6 Å². The van der Waals surface area contributed by atoms with E-state index in [4.69, 9.17) is 0 Å². The molecule has 0 aliphatic heterocycles. The molecule has 2 amide bonds. The van der Waals surface area contributed by atoms with Crippen LogP contribution in [0.25, 0.3) is 0 Å². The zero-order chi connectivity index (χ0) is 12.8. The maximum atomic E-state index is 11.8. The topological polar surface area (TPSA) is 61.4 Å². The lowest BCUT2D eigenvalue weighted by molar-refractivity contribution is -0.135. The standard InChI is InChI=1S/C12H23N3O2/c1-4-15(8-11(16)14-9(2)3)12(17)7-13-10-5-6-10/h9-10,13H,4-8H2,1-3H3,(H,14,16). The van der Waals surface area contributed by atoms with Gasteiger partial charge < -0.3 is 15.5 Å². The maximum Gasteiger partial charge on any atom is 0.239 e. The lowest BCUT2D eigenvalue weighted by atomic mass is 10.3. The first kappa shape index (κ1) is 14.0. The molecule has 0 atom stereocenters. The van der Waals surface area contributed by atoms with Crippen molar-refractivity contribution in [2.24, 2.45) is 0 Å². The highest BCUT2D eigenvalue weighted by Gasteiger charge is 2.23. The van der Waals surface area contributed by atoms with Crippen LogP contribution in [0.4, 0.5) is 0 Å². The molecular formula is C12H23N3O2. The summed E-state index contributed by atoms with van der Waals surface area (Å²) >= 11 is 0.